The first-order valence-corrected chi connectivity index (χ1v) is 8.97. The largest absolute Gasteiger partial charge is 0.481 e. The zero-order chi connectivity index (χ0) is 18.9. The Kier molecular flexibility index (Phi) is 7.23. The van der Waals surface area contributed by atoms with Gasteiger partial charge in [0.05, 0.1) is 12.5 Å². The van der Waals surface area contributed by atoms with Gasteiger partial charge in [-0.15, -0.1) is 0 Å². The van der Waals surface area contributed by atoms with Crippen LogP contribution in [0.5, 0.6) is 5.75 Å². The molecule has 2 aromatic carbocycles. The molecule has 1 amide bonds. The third kappa shape index (κ3) is 5.63. The maximum atomic E-state index is 12.8. The summed E-state index contributed by atoms with van der Waals surface area (Å²) in [6.07, 6.45) is -0.309. The third-order valence-corrected chi connectivity index (χ3v) is 4.23. The second kappa shape index (κ2) is 9.62. The summed E-state index contributed by atoms with van der Waals surface area (Å²) in [5.74, 6) is 1.02. The lowest BCUT2D eigenvalue weighted by atomic mass is 10.0. The van der Waals surface area contributed by atoms with Crippen molar-refractivity contribution in [2.75, 3.05) is 6.54 Å². The maximum Gasteiger partial charge on any atom is 0.263 e. The van der Waals surface area contributed by atoms with Gasteiger partial charge in [-0.2, -0.15) is 5.26 Å². The van der Waals surface area contributed by atoms with Crippen LogP contribution in [0.25, 0.3) is 0 Å². The number of hydrogen-bond acceptors (Lipinski definition) is 3. The zero-order valence-corrected chi connectivity index (χ0v) is 15.7. The zero-order valence-electron chi connectivity index (χ0n) is 15.7. The van der Waals surface area contributed by atoms with Crippen LogP contribution in [0, 0.1) is 11.3 Å². The van der Waals surface area contributed by atoms with Crippen LogP contribution < -0.4 is 4.74 Å². The fourth-order valence-corrected chi connectivity index (χ4v) is 2.70. The quantitative estimate of drug-likeness (QED) is 0.703. The van der Waals surface area contributed by atoms with Crippen molar-refractivity contribution in [1.29, 1.82) is 5.26 Å². The van der Waals surface area contributed by atoms with Crippen molar-refractivity contribution in [3.8, 4) is 11.8 Å². The summed E-state index contributed by atoms with van der Waals surface area (Å²) in [6, 6.07) is 19.7. The molecule has 0 N–H and O–H groups in total. The Balaban J connectivity index is 2.04. The normalized spacial score (nSPS) is 11.7. The van der Waals surface area contributed by atoms with Gasteiger partial charge in [-0.1, -0.05) is 56.3 Å². The smallest absolute Gasteiger partial charge is 0.263 e. The van der Waals surface area contributed by atoms with Gasteiger partial charge in [0.15, 0.2) is 6.10 Å². The van der Waals surface area contributed by atoms with Gasteiger partial charge in [-0.25, -0.2) is 0 Å². The van der Waals surface area contributed by atoms with Crippen molar-refractivity contribution in [2.24, 2.45) is 0 Å². The Morgan fingerprint density at radius 3 is 2.31 bits per heavy atom. The van der Waals surface area contributed by atoms with E-state index in [1.54, 1.807) is 11.8 Å². The third-order valence-electron chi connectivity index (χ3n) is 4.23. The highest BCUT2D eigenvalue weighted by atomic mass is 16.5. The number of hydrogen-bond donors (Lipinski definition) is 0. The lowest BCUT2D eigenvalue weighted by Crippen LogP contribution is -2.40. The monoisotopic (exact) mass is 350 g/mol. The highest BCUT2D eigenvalue weighted by Crippen LogP contribution is 2.20. The van der Waals surface area contributed by atoms with E-state index in [0.717, 1.165) is 5.56 Å². The molecule has 1 atom stereocenters. The molecule has 4 nitrogen and oxygen atoms in total. The number of benzene rings is 2. The van der Waals surface area contributed by atoms with E-state index in [2.05, 4.69) is 19.9 Å². The van der Waals surface area contributed by atoms with Crippen molar-refractivity contribution >= 4 is 5.91 Å². The first-order valence-electron chi connectivity index (χ1n) is 8.97. The summed E-state index contributed by atoms with van der Waals surface area (Å²) >= 11 is 0. The van der Waals surface area contributed by atoms with Crippen molar-refractivity contribution in [3.63, 3.8) is 0 Å². The van der Waals surface area contributed by atoms with Gasteiger partial charge in [0, 0.05) is 13.1 Å². The van der Waals surface area contributed by atoms with Crippen molar-refractivity contribution in [2.45, 2.75) is 45.8 Å². The van der Waals surface area contributed by atoms with Crippen molar-refractivity contribution < 1.29 is 9.53 Å². The van der Waals surface area contributed by atoms with Gasteiger partial charge in [0.1, 0.15) is 5.75 Å². The van der Waals surface area contributed by atoms with E-state index in [9.17, 15) is 4.79 Å². The van der Waals surface area contributed by atoms with Crippen LogP contribution in [-0.2, 0) is 11.3 Å². The van der Waals surface area contributed by atoms with Crippen LogP contribution >= 0.6 is 0 Å². The van der Waals surface area contributed by atoms with E-state index >= 15 is 0 Å². The van der Waals surface area contributed by atoms with Gasteiger partial charge in [-0.3, -0.25) is 4.79 Å². The van der Waals surface area contributed by atoms with E-state index in [4.69, 9.17) is 10.00 Å². The highest BCUT2D eigenvalue weighted by molar-refractivity contribution is 5.81. The van der Waals surface area contributed by atoms with Crippen molar-refractivity contribution in [1.82, 2.24) is 4.90 Å². The Morgan fingerprint density at radius 2 is 1.73 bits per heavy atom. The summed E-state index contributed by atoms with van der Waals surface area (Å²) in [6.45, 7) is 6.89. The van der Waals surface area contributed by atoms with Gasteiger partial charge in [-0.05, 0) is 36.1 Å². The van der Waals surface area contributed by atoms with Gasteiger partial charge in [0.2, 0.25) is 0 Å². The molecule has 2 aromatic rings. The van der Waals surface area contributed by atoms with E-state index in [0.29, 0.717) is 31.2 Å². The number of carbonyl (C=O) groups excluding carboxylic acids is 1. The van der Waals surface area contributed by atoms with E-state index in [1.165, 1.54) is 5.56 Å². The van der Waals surface area contributed by atoms with Gasteiger partial charge < -0.3 is 9.64 Å². The minimum absolute atomic E-state index is 0.114. The van der Waals surface area contributed by atoms with Gasteiger partial charge in [0.25, 0.3) is 5.91 Å². The Bertz CT molecular complexity index is 733. The molecule has 0 spiro atoms. The lowest BCUT2D eigenvalue weighted by Gasteiger charge is -2.25. The number of carbonyl (C=O) groups is 1. The number of rotatable bonds is 8. The Morgan fingerprint density at radius 1 is 1.08 bits per heavy atom. The van der Waals surface area contributed by atoms with E-state index in [-0.39, 0.29) is 5.91 Å². The molecule has 0 heterocycles. The molecule has 136 valence electrons. The molecule has 0 saturated heterocycles. The summed E-state index contributed by atoms with van der Waals surface area (Å²) in [5.41, 5.74) is 2.27. The average molecular weight is 350 g/mol. The predicted octanol–water partition coefficient (Wildman–Crippen LogP) is 4.52. The SMILES string of the molecule is CC(Oc1ccc(C(C)C)cc1)C(=O)N(CCC#N)Cc1ccccc1. The van der Waals surface area contributed by atoms with Crippen LogP contribution in [0.15, 0.2) is 54.6 Å². The fourth-order valence-electron chi connectivity index (χ4n) is 2.70. The number of nitriles is 1. The Hall–Kier alpha value is -2.80. The molecule has 0 aromatic heterocycles. The molecule has 4 heteroatoms. The molecule has 0 saturated carbocycles. The van der Waals surface area contributed by atoms with E-state index < -0.39 is 6.10 Å². The molecular weight excluding hydrogens is 324 g/mol. The number of nitrogens with zero attached hydrogens (tertiary/aromatic N) is 2. The molecule has 0 aliphatic heterocycles. The molecular formula is C22H26N2O2. The molecule has 0 bridgehead atoms. The lowest BCUT2D eigenvalue weighted by molar-refractivity contribution is -0.138. The van der Waals surface area contributed by atoms with Crippen LogP contribution in [0.1, 0.15) is 44.2 Å². The minimum Gasteiger partial charge on any atom is -0.481 e. The van der Waals surface area contributed by atoms with Crippen LogP contribution in [0.2, 0.25) is 0 Å². The van der Waals surface area contributed by atoms with Crippen LogP contribution in [0.3, 0.4) is 0 Å². The second-order valence-electron chi connectivity index (χ2n) is 6.64. The van der Waals surface area contributed by atoms with Crippen molar-refractivity contribution in [3.05, 3.63) is 65.7 Å². The average Bonchev–Trinajstić information content (AvgIpc) is 2.65. The topological polar surface area (TPSA) is 53.3 Å². The molecule has 0 fully saturated rings. The second-order valence-corrected chi connectivity index (χ2v) is 6.64. The number of ether oxygens (including phenoxy) is 1. The Labute approximate surface area is 156 Å². The summed E-state index contributed by atoms with van der Waals surface area (Å²) in [5, 5.41) is 8.89. The number of amides is 1. The minimum atomic E-state index is -0.609. The molecule has 0 aliphatic carbocycles. The predicted molar refractivity (Wildman–Crippen MR) is 103 cm³/mol. The molecule has 0 aliphatic rings. The summed E-state index contributed by atoms with van der Waals surface area (Å²) in [4.78, 5) is 14.5. The molecule has 2 rings (SSSR count). The van der Waals surface area contributed by atoms with Crippen LogP contribution in [-0.4, -0.2) is 23.5 Å². The summed E-state index contributed by atoms with van der Waals surface area (Å²) in [7, 11) is 0. The molecule has 0 radical (unpaired) electrons. The van der Waals surface area contributed by atoms with Crippen LogP contribution in [0.4, 0.5) is 0 Å². The molecule has 1 unspecified atom stereocenters. The summed E-state index contributed by atoms with van der Waals surface area (Å²) < 4.78 is 5.84. The fraction of sp³-hybridized carbons (Fsp3) is 0.364. The first-order chi connectivity index (χ1) is 12.5. The standard InChI is InChI=1S/C22H26N2O2/c1-17(2)20-10-12-21(13-11-20)26-18(3)22(25)24(15-7-14-23)16-19-8-5-4-6-9-19/h4-6,8-13,17-18H,7,15-16H2,1-3H3. The highest BCUT2D eigenvalue weighted by Gasteiger charge is 2.22. The first kappa shape index (κ1) is 19.5. The maximum absolute atomic E-state index is 12.8. The van der Waals surface area contributed by atoms with Gasteiger partial charge >= 0.3 is 0 Å². The molecule has 26 heavy (non-hydrogen) atoms. The van der Waals surface area contributed by atoms with E-state index in [1.807, 2.05) is 54.6 Å².